The van der Waals surface area contributed by atoms with E-state index in [4.69, 9.17) is 33.2 Å². The van der Waals surface area contributed by atoms with Gasteiger partial charge in [0.1, 0.15) is 30.1 Å². The molecule has 4 rings (SSSR count). The number of rotatable bonds is 13. The maximum absolute atomic E-state index is 14.6. The number of aliphatic hydroxyl groups excluding tert-OH is 2. The van der Waals surface area contributed by atoms with Gasteiger partial charge >= 0.3 is 5.97 Å². The Hall–Kier alpha value is -3.45. The highest BCUT2D eigenvalue weighted by Crippen LogP contribution is 2.38. The number of cyclic esters (lactones) is 1. The smallest absolute Gasteiger partial charge is 0.329 e. The van der Waals surface area contributed by atoms with Crippen LogP contribution in [0.5, 0.6) is 0 Å². The molecule has 1 aliphatic carbocycles. The van der Waals surface area contributed by atoms with E-state index < -0.39 is 77.8 Å². The zero-order valence-corrected chi connectivity index (χ0v) is 45.0. The predicted molar refractivity (Wildman–Crippen MR) is 271 cm³/mol. The average molecular weight is 1020 g/mol. The number of esters is 1. The molecule has 0 spiro atoms. The molecule has 16 heteroatoms. The van der Waals surface area contributed by atoms with Crippen LogP contribution in [0.4, 0.5) is 0 Å². The van der Waals surface area contributed by atoms with Crippen molar-refractivity contribution < 1.29 is 72.5 Å². The number of hydrogen-bond acceptors (Lipinski definition) is 15. The van der Waals surface area contributed by atoms with Gasteiger partial charge in [-0.2, -0.15) is 0 Å². The summed E-state index contributed by atoms with van der Waals surface area (Å²) >= 11 is 0. The second-order valence-corrected chi connectivity index (χ2v) is 21.1. The molecule has 408 valence electrons. The number of fused-ring (bicyclic) bond motifs is 3. The van der Waals surface area contributed by atoms with Crippen molar-refractivity contribution in [3.05, 3.63) is 47.6 Å². The summed E-state index contributed by atoms with van der Waals surface area (Å²) in [6.45, 7) is 13.9. The van der Waals surface area contributed by atoms with Gasteiger partial charge in [0.25, 0.3) is 11.7 Å². The van der Waals surface area contributed by atoms with Gasteiger partial charge in [0.05, 0.1) is 37.6 Å². The Labute approximate surface area is 429 Å². The number of allylic oxidation sites excluding steroid dienone is 6. The number of Topliss-reactive ketones (excluding diaryl/α,β-unsaturated/α-hetero) is 3. The monoisotopic (exact) mass is 1020 g/mol. The Kier molecular flexibility index (Phi) is 25.6. The molecule has 16 nitrogen and oxygen atoms in total. The third-order valence-electron chi connectivity index (χ3n) is 15.4. The molecule has 1 saturated carbocycles. The number of carbonyl (C=O) groups excluding carboxylic acids is 5. The van der Waals surface area contributed by atoms with Crippen LogP contribution in [-0.4, -0.2) is 158 Å². The molecule has 4 aliphatic rings. The number of aliphatic hydroxyl groups is 3. The van der Waals surface area contributed by atoms with Gasteiger partial charge in [0.2, 0.25) is 5.79 Å². The van der Waals surface area contributed by atoms with Gasteiger partial charge in [-0.3, -0.25) is 19.2 Å². The van der Waals surface area contributed by atoms with Crippen LogP contribution in [0.25, 0.3) is 0 Å². The van der Waals surface area contributed by atoms with Crippen molar-refractivity contribution in [1.82, 2.24) is 4.90 Å². The van der Waals surface area contributed by atoms with E-state index >= 15 is 0 Å². The molecule has 3 fully saturated rings. The Morgan fingerprint density at radius 1 is 0.833 bits per heavy atom. The molecule has 2 bridgehead atoms. The largest absolute Gasteiger partial charge is 0.460 e. The summed E-state index contributed by atoms with van der Waals surface area (Å²) in [5.41, 5.74) is 1.24. The van der Waals surface area contributed by atoms with E-state index in [9.17, 15) is 39.3 Å². The standard InChI is InChI=1S/C56H89NO15/c1-35-17-12-11-13-18-36(2)47(70-28-27-66-8)33-43-22-20-41(7)56(65,72-43)53(62)54(63)57-24-15-14-19-44(57)55(64)71-48(38(4)31-42-21-23-46(49(32-42)67-9)69-26-16-25-58)34-45(59)37(3)30-40(6)51(61)52(68-10)50(60)39(5)29-35/h11-13,17-18,30,35,37-39,41-44,46-49,51-52,58,61,65H,14-16,19-29,31-34H2,1-10H3/b13-11?,17-12+,36-18?,40-30+/t35-,37-,38?,39-,41-,42+,43+,44+,46-,47-,48+,49-,51-,52+,56-/m1/s1. The first-order valence-electron chi connectivity index (χ1n) is 26.6. The lowest BCUT2D eigenvalue weighted by Crippen LogP contribution is -2.61. The molecule has 0 radical (unpaired) electrons. The highest BCUT2D eigenvalue weighted by molar-refractivity contribution is 6.39. The molecule has 0 aromatic carbocycles. The Bertz CT molecular complexity index is 1880. The Balaban J connectivity index is 1.71. The van der Waals surface area contributed by atoms with Crippen LogP contribution in [0.2, 0.25) is 0 Å². The first-order chi connectivity index (χ1) is 34.3. The first kappa shape index (κ1) is 61.1. The highest BCUT2D eigenvalue weighted by Gasteiger charge is 2.53. The van der Waals surface area contributed by atoms with Crippen LogP contribution in [-0.2, 0) is 57.1 Å². The SMILES string of the molecule is COCCO[C@@H]1C[C@@H]2CC[C@@H](C)[C@@](O)(O2)C(=O)C(=O)N2CCCC[C@H]2C(=O)O[C@H](C(C)C[C@@H]2CC[C@@H](OCCCO)[C@H](OC)C2)CC(=O)[C@H](C)/C=C(\C)[C@@H](O)[C@@H](OC)C(=O)[C@H](C)C[C@H](C)/C=C/C=CC=C1C. The van der Waals surface area contributed by atoms with Gasteiger partial charge in [-0.05, 0) is 113 Å². The number of ketones is 3. The number of piperidine rings is 1. The van der Waals surface area contributed by atoms with Crippen molar-refractivity contribution in [3.8, 4) is 0 Å². The van der Waals surface area contributed by atoms with Crippen molar-refractivity contribution in [1.29, 1.82) is 0 Å². The number of methoxy groups -OCH3 is 3. The van der Waals surface area contributed by atoms with Gasteiger partial charge < -0.3 is 53.4 Å². The third-order valence-corrected chi connectivity index (χ3v) is 15.4. The summed E-state index contributed by atoms with van der Waals surface area (Å²) in [6.07, 6.45) is 12.4. The number of hydrogen-bond donors (Lipinski definition) is 3. The molecule has 0 aromatic rings. The second kappa shape index (κ2) is 30.2. The topological polar surface area (TPSA) is 214 Å². The zero-order chi connectivity index (χ0) is 53.1. The van der Waals surface area contributed by atoms with Crippen molar-refractivity contribution in [2.75, 3.05) is 54.3 Å². The summed E-state index contributed by atoms with van der Waals surface area (Å²) in [6, 6.07) is -1.16. The molecule has 3 aliphatic heterocycles. The third kappa shape index (κ3) is 17.3. The molecular formula is C56H89NO15. The first-order valence-corrected chi connectivity index (χ1v) is 26.6. The van der Waals surface area contributed by atoms with Crippen LogP contribution >= 0.6 is 0 Å². The fraction of sp³-hybridized carbons (Fsp3) is 0.768. The van der Waals surface area contributed by atoms with Crippen molar-refractivity contribution in [3.63, 3.8) is 0 Å². The Morgan fingerprint density at radius 2 is 1.58 bits per heavy atom. The molecule has 3 N–H and O–H groups in total. The predicted octanol–water partition coefficient (Wildman–Crippen LogP) is 6.60. The Morgan fingerprint density at radius 3 is 2.28 bits per heavy atom. The van der Waals surface area contributed by atoms with Gasteiger partial charge in [0, 0.05) is 71.7 Å². The number of amides is 1. The number of ether oxygens (including phenoxy) is 7. The molecule has 72 heavy (non-hydrogen) atoms. The fourth-order valence-electron chi connectivity index (χ4n) is 10.8. The lowest BCUT2D eigenvalue weighted by molar-refractivity contribution is -0.266. The fourth-order valence-corrected chi connectivity index (χ4v) is 10.8. The summed E-state index contributed by atoms with van der Waals surface area (Å²) < 4.78 is 41.6. The number of nitrogens with zero attached hydrogens (tertiary/aromatic N) is 1. The molecule has 1 unspecified atom stereocenters. The lowest BCUT2D eigenvalue weighted by Gasteiger charge is -2.43. The van der Waals surface area contributed by atoms with Gasteiger partial charge in [-0.15, -0.1) is 0 Å². The summed E-state index contributed by atoms with van der Waals surface area (Å²) in [4.78, 5) is 72.6. The summed E-state index contributed by atoms with van der Waals surface area (Å²) in [7, 11) is 4.61. The van der Waals surface area contributed by atoms with Crippen LogP contribution in [0.3, 0.4) is 0 Å². The van der Waals surface area contributed by atoms with E-state index in [2.05, 4.69) is 0 Å². The quantitative estimate of drug-likeness (QED) is 0.0767. The lowest BCUT2D eigenvalue weighted by atomic mass is 9.78. The molecule has 3 heterocycles. The minimum Gasteiger partial charge on any atom is -0.460 e. The van der Waals surface area contributed by atoms with Gasteiger partial charge in [-0.1, -0.05) is 71.1 Å². The van der Waals surface area contributed by atoms with Gasteiger partial charge in [-0.25, -0.2) is 4.79 Å². The van der Waals surface area contributed by atoms with Gasteiger partial charge in [0.15, 0.2) is 5.78 Å². The van der Waals surface area contributed by atoms with E-state index in [0.717, 1.165) is 18.4 Å². The van der Waals surface area contributed by atoms with E-state index in [0.29, 0.717) is 70.2 Å². The van der Waals surface area contributed by atoms with Crippen molar-refractivity contribution in [2.45, 2.75) is 186 Å². The van der Waals surface area contributed by atoms with Crippen LogP contribution in [0.15, 0.2) is 47.6 Å². The van der Waals surface area contributed by atoms with Crippen LogP contribution in [0, 0.1) is 35.5 Å². The molecule has 15 atom stereocenters. The average Bonchev–Trinajstić information content (AvgIpc) is 3.36. The van der Waals surface area contributed by atoms with E-state index in [1.165, 1.54) is 12.0 Å². The van der Waals surface area contributed by atoms with E-state index in [-0.39, 0.29) is 80.5 Å². The van der Waals surface area contributed by atoms with E-state index in [1.54, 1.807) is 41.1 Å². The van der Waals surface area contributed by atoms with Crippen molar-refractivity contribution >= 4 is 29.2 Å². The summed E-state index contributed by atoms with van der Waals surface area (Å²) in [5.74, 6) is -8.06. The minimum absolute atomic E-state index is 0.000907. The van der Waals surface area contributed by atoms with Crippen LogP contribution in [0.1, 0.15) is 132 Å². The zero-order valence-electron chi connectivity index (χ0n) is 45.0. The normalized spacial score (nSPS) is 36.5. The van der Waals surface area contributed by atoms with Crippen LogP contribution < -0.4 is 0 Å². The van der Waals surface area contributed by atoms with E-state index in [1.807, 2.05) is 58.1 Å². The maximum Gasteiger partial charge on any atom is 0.329 e. The maximum atomic E-state index is 14.6. The minimum atomic E-state index is -2.46. The molecule has 2 saturated heterocycles. The number of carbonyl (C=O) groups is 5. The molecule has 0 aromatic heterocycles. The highest BCUT2D eigenvalue weighted by atomic mass is 16.6. The summed E-state index contributed by atoms with van der Waals surface area (Å²) in [5, 5.41) is 32.9. The van der Waals surface area contributed by atoms with Crippen molar-refractivity contribution in [2.24, 2.45) is 35.5 Å². The second-order valence-electron chi connectivity index (χ2n) is 21.1. The molecule has 1 amide bonds. The molecular weight excluding hydrogens is 927 g/mol.